The Morgan fingerprint density at radius 3 is 2.48 bits per heavy atom. The fraction of sp³-hybridized carbons (Fsp3) is 0.318. The van der Waals surface area contributed by atoms with Gasteiger partial charge in [0.15, 0.2) is 11.5 Å². The highest BCUT2D eigenvalue weighted by molar-refractivity contribution is 6.00. The van der Waals surface area contributed by atoms with E-state index in [1.807, 2.05) is 0 Å². The number of anilines is 1. The first kappa shape index (κ1) is 21.2. The molecule has 3 aromatic rings. The molecule has 33 heavy (non-hydrogen) atoms. The van der Waals surface area contributed by atoms with Crippen LogP contribution in [0.3, 0.4) is 0 Å². The summed E-state index contributed by atoms with van der Waals surface area (Å²) < 4.78 is 52.9. The van der Waals surface area contributed by atoms with Crippen LogP contribution in [0.2, 0.25) is 0 Å². The normalized spacial score (nSPS) is 21.9. The number of amides is 1. The van der Waals surface area contributed by atoms with Crippen molar-refractivity contribution in [2.45, 2.75) is 31.1 Å². The molecule has 2 aliphatic rings. The highest BCUT2D eigenvalue weighted by Gasteiger charge is 2.47. The minimum atomic E-state index is -4.56. The number of likely N-dealkylation sites (tertiary alicyclic amines) is 1. The zero-order chi connectivity index (χ0) is 23.2. The number of piperidine rings is 1. The molecule has 170 valence electrons. The topological polar surface area (TPSA) is 83.9 Å². The van der Waals surface area contributed by atoms with Gasteiger partial charge in [0.1, 0.15) is 11.6 Å². The molecule has 0 spiro atoms. The van der Waals surface area contributed by atoms with Crippen LogP contribution in [-0.2, 0) is 6.18 Å². The lowest BCUT2D eigenvalue weighted by molar-refractivity contribution is -0.141. The van der Waals surface area contributed by atoms with Crippen molar-refractivity contribution in [1.82, 2.24) is 24.8 Å². The molecule has 5 rings (SSSR count). The number of fused-ring (bicyclic) bond motifs is 2. The summed E-state index contributed by atoms with van der Waals surface area (Å²) >= 11 is 0. The van der Waals surface area contributed by atoms with Crippen LogP contribution in [0.1, 0.15) is 28.9 Å². The number of rotatable bonds is 4. The molecule has 2 unspecified atom stereocenters. The van der Waals surface area contributed by atoms with Gasteiger partial charge in [-0.15, -0.1) is 0 Å². The van der Waals surface area contributed by atoms with Gasteiger partial charge >= 0.3 is 6.18 Å². The molecule has 7 nitrogen and oxygen atoms in total. The zero-order valence-corrected chi connectivity index (χ0v) is 17.1. The molecule has 11 heteroatoms. The van der Waals surface area contributed by atoms with Crippen molar-refractivity contribution in [1.29, 1.82) is 0 Å². The number of benzene rings is 1. The van der Waals surface area contributed by atoms with E-state index in [0.717, 1.165) is 19.0 Å². The maximum absolute atomic E-state index is 14.7. The van der Waals surface area contributed by atoms with E-state index in [-0.39, 0.29) is 46.7 Å². The lowest BCUT2D eigenvalue weighted by atomic mass is 10.0. The summed E-state index contributed by atoms with van der Waals surface area (Å²) in [5.74, 6) is -0.375. The van der Waals surface area contributed by atoms with Gasteiger partial charge < -0.3 is 10.2 Å². The summed E-state index contributed by atoms with van der Waals surface area (Å²) in [6, 6.07) is 5.46. The monoisotopic (exact) mass is 458 g/mol. The number of halogens is 4. The number of hydrogen-bond acceptors (Lipinski definition) is 6. The van der Waals surface area contributed by atoms with Crippen LogP contribution in [0.4, 0.5) is 23.4 Å². The van der Waals surface area contributed by atoms with Gasteiger partial charge in [-0.3, -0.25) is 4.79 Å². The number of alkyl halides is 3. The molecular weight excluding hydrogens is 440 g/mol. The SMILES string of the molecule is O=C(c1cccc(F)c1-c1ncccn1)N1CC2CC1[C@@H](Nc1cnc(C(F)(F)F)cn1)C2. The first-order valence-corrected chi connectivity index (χ1v) is 10.3. The first-order valence-electron chi connectivity index (χ1n) is 10.3. The third-order valence-electron chi connectivity index (χ3n) is 6.05. The third-order valence-corrected chi connectivity index (χ3v) is 6.05. The summed E-state index contributed by atoms with van der Waals surface area (Å²) in [4.78, 5) is 30.6. The van der Waals surface area contributed by atoms with Crippen LogP contribution < -0.4 is 5.32 Å². The minimum absolute atomic E-state index is 0.0454. The zero-order valence-electron chi connectivity index (χ0n) is 17.1. The standard InChI is InChI=1S/C22H18F4N6O/c23-14-4-1-3-13(19(14)20-27-5-2-6-28-20)21(33)32-11-12-7-15(16(32)8-12)31-18-10-29-17(9-30-18)22(24,25)26/h1-6,9-10,12,15-16H,7-8,11H2,(H,30,31)/t12?,15-,16?/m0/s1. The minimum Gasteiger partial charge on any atom is -0.364 e. The molecule has 1 N–H and O–H groups in total. The van der Waals surface area contributed by atoms with Crippen molar-refractivity contribution in [3.8, 4) is 11.4 Å². The summed E-state index contributed by atoms with van der Waals surface area (Å²) in [5, 5.41) is 3.11. The average Bonchev–Trinajstić information content (AvgIpc) is 3.39. The Balaban J connectivity index is 1.38. The highest BCUT2D eigenvalue weighted by atomic mass is 19.4. The molecule has 1 aliphatic heterocycles. The van der Waals surface area contributed by atoms with Crippen LogP contribution in [0.25, 0.3) is 11.4 Å². The first-order chi connectivity index (χ1) is 15.8. The number of nitrogens with zero attached hydrogens (tertiary/aromatic N) is 5. The number of nitrogens with one attached hydrogen (secondary N) is 1. The van der Waals surface area contributed by atoms with E-state index in [4.69, 9.17) is 0 Å². The molecule has 1 aliphatic carbocycles. The van der Waals surface area contributed by atoms with Crippen molar-refractivity contribution in [3.05, 3.63) is 66.1 Å². The summed E-state index contributed by atoms with van der Waals surface area (Å²) in [5.41, 5.74) is -0.856. The molecule has 2 bridgehead atoms. The van der Waals surface area contributed by atoms with Gasteiger partial charge in [-0.05, 0) is 37.0 Å². The molecule has 2 fully saturated rings. The largest absolute Gasteiger partial charge is 0.434 e. The van der Waals surface area contributed by atoms with Crippen molar-refractivity contribution in [2.75, 3.05) is 11.9 Å². The Labute approximate surface area is 185 Å². The van der Waals surface area contributed by atoms with Crippen LogP contribution >= 0.6 is 0 Å². The summed E-state index contributed by atoms with van der Waals surface area (Å²) in [6.45, 7) is 0.520. The molecule has 1 saturated heterocycles. The lowest BCUT2D eigenvalue weighted by Gasteiger charge is -2.34. The Kier molecular flexibility index (Phi) is 5.18. The molecule has 1 aromatic carbocycles. The predicted molar refractivity (Wildman–Crippen MR) is 109 cm³/mol. The molecule has 0 radical (unpaired) electrons. The Bertz CT molecular complexity index is 1170. The van der Waals surface area contributed by atoms with E-state index in [2.05, 4.69) is 25.3 Å². The molecule has 1 amide bonds. The molecular formula is C22H18F4N6O. The van der Waals surface area contributed by atoms with E-state index < -0.39 is 17.7 Å². The quantitative estimate of drug-likeness (QED) is 0.599. The van der Waals surface area contributed by atoms with Gasteiger partial charge in [0.2, 0.25) is 0 Å². The van der Waals surface area contributed by atoms with Gasteiger partial charge in [-0.25, -0.2) is 24.3 Å². The summed E-state index contributed by atoms with van der Waals surface area (Å²) in [7, 11) is 0. The maximum Gasteiger partial charge on any atom is 0.434 e. The highest BCUT2D eigenvalue weighted by Crippen LogP contribution is 2.40. The molecule has 3 atom stereocenters. The number of carbonyl (C=O) groups excluding carboxylic acids is 1. The predicted octanol–water partition coefficient (Wildman–Crippen LogP) is 3.81. The Morgan fingerprint density at radius 1 is 1.03 bits per heavy atom. The Morgan fingerprint density at radius 2 is 1.82 bits per heavy atom. The lowest BCUT2D eigenvalue weighted by Crippen LogP contribution is -2.48. The molecule has 1 saturated carbocycles. The van der Waals surface area contributed by atoms with E-state index in [9.17, 15) is 22.4 Å². The second kappa shape index (κ2) is 8.05. The number of aromatic nitrogens is 4. The number of carbonyl (C=O) groups is 1. The number of hydrogen-bond donors (Lipinski definition) is 1. The van der Waals surface area contributed by atoms with Crippen LogP contribution in [0, 0.1) is 11.7 Å². The van der Waals surface area contributed by atoms with Crippen LogP contribution in [-0.4, -0.2) is 49.4 Å². The van der Waals surface area contributed by atoms with Gasteiger partial charge in [0, 0.05) is 25.0 Å². The van der Waals surface area contributed by atoms with Crippen molar-refractivity contribution in [2.24, 2.45) is 5.92 Å². The van der Waals surface area contributed by atoms with Crippen molar-refractivity contribution in [3.63, 3.8) is 0 Å². The average molecular weight is 458 g/mol. The molecule has 3 heterocycles. The third kappa shape index (κ3) is 3.98. The van der Waals surface area contributed by atoms with Gasteiger partial charge in [0.05, 0.1) is 29.6 Å². The van der Waals surface area contributed by atoms with Gasteiger partial charge in [0.25, 0.3) is 5.91 Å². The van der Waals surface area contributed by atoms with E-state index >= 15 is 0 Å². The second-order valence-corrected chi connectivity index (χ2v) is 8.13. The summed E-state index contributed by atoms with van der Waals surface area (Å²) in [6.07, 6.45) is 1.60. The maximum atomic E-state index is 14.7. The second-order valence-electron chi connectivity index (χ2n) is 8.13. The van der Waals surface area contributed by atoms with Gasteiger partial charge in [-0.2, -0.15) is 13.2 Å². The fourth-order valence-electron chi connectivity index (χ4n) is 4.67. The van der Waals surface area contributed by atoms with E-state index in [1.54, 1.807) is 17.0 Å². The van der Waals surface area contributed by atoms with Crippen LogP contribution in [0.15, 0.2) is 49.1 Å². The van der Waals surface area contributed by atoms with E-state index in [1.165, 1.54) is 24.5 Å². The van der Waals surface area contributed by atoms with E-state index in [0.29, 0.717) is 12.7 Å². The smallest absolute Gasteiger partial charge is 0.364 e. The van der Waals surface area contributed by atoms with Crippen molar-refractivity contribution < 1.29 is 22.4 Å². The molecule has 2 aromatic heterocycles. The van der Waals surface area contributed by atoms with Crippen LogP contribution in [0.5, 0.6) is 0 Å². The fourth-order valence-corrected chi connectivity index (χ4v) is 4.67. The van der Waals surface area contributed by atoms with Gasteiger partial charge in [-0.1, -0.05) is 6.07 Å². The van der Waals surface area contributed by atoms with Crippen molar-refractivity contribution >= 4 is 11.7 Å². The Hall–Kier alpha value is -3.63.